The van der Waals surface area contributed by atoms with E-state index in [4.69, 9.17) is 9.40 Å². The van der Waals surface area contributed by atoms with E-state index in [9.17, 15) is 4.79 Å². The predicted octanol–water partition coefficient (Wildman–Crippen LogP) is 4.22. The molecule has 0 fully saturated rings. The van der Waals surface area contributed by atoms with Gasteiger partial charge in [0.15, 0.2) is 17.9 Å². The third-order valence-corrected chi connectivity index (χ3v) is 4.63. The van der Waals surface area contributed by atoms with E-state index >= 15 is 0 Å². The molecule has 0 aliphatic carbocycles. The minimum Gasteiger partial charge on any atom is -0.452 e. The molecule has 0 bridgehead atoms. The normalized spacial score (nSPS) is 11.4. The van der Waals surface area contributed by atoms with Gasteiger partial charge in [-0.2, -0.15) is 0 Å². The van der Waals surface area contributed by atoms with Gasteiger partial charge >= 0.3 is 0 Å². The van der Waals surface area contributed by atoms with Gasteiger partial charge < -0.3 is 14.6 Å². The van der Waals surface area contributed by atoms with Crippen LogP contribution in [0.25, 0.3) is 33.5 Å². The SMILES string of the molecule is CN(C)CCCNc1nc(-c2oc3ccccc3c2C=O)nc2ccccc12. The van der Waals surface area contributed by atoms with Crippen LogP contribution in [-0.4, -0.2) is 48.3 Å². The Bertz CT molecular complexity index is 1130. The van der Waals surface area contributed by atoms with Crippen molar-refractivity contribution in [3.63, 3.8) is 0 Å². The first-order chi connectivity index (χ1) is 13.7. The third-order valence-electron chi connectivity index (χ3n) is 4.63. The number of fused-ring (bicyclic) bond motifs is 2. The van der Waals surface area contributed by atoms with Crippen LogP contribution < -0.4 is 5.32 Å². The second-order valence-electron chi connectivity index (χ2n) is 6.96. The number of furan rings is 1. The van der Waals surface area contributed by atoms with Crippen molar-refractivity contribution in [3.05, 3.63) is 54.1 Å². The quantitative estimate of drug-likeness (QED) is 0.386. The van der Waals surface area contributed by atoms with Crippen molar-refractivity contribution in [1.82, 2.24) is 14.9 Å². The van der Waals surface area contributed by atoms with E-state index in [0.29, 0.717) is 22.7 Å². The van der Waals surface area contributed by atoms with Gasteiger partial charge in [0.2, 0.25) is 0 Å². The van der Waals surface area contributed by atoms with Crippen LogP contribution in [0.5, 0.6) is 0 Å². The number of para-hydroxylation sites is 2. The van der Waals surface area contributed by atoms with Crippen LogP contribution in [0.4, 0.5) is 5.82 Å². The second-order valence-corrected chi connectivity index (χ2v) is 6.96. The summed E-state index contributed by atoms with van der Waals surface area (Å²) < 4.78 is 5.95. The molecule has 4 aromatic rings. The number of nitrogens with zero attached hydrogens (tertiary/aromatic N) is 3. The lowest BCUT2D eigenvalue weighted by Gasteiger charge is -2.12. The van der Waals surface area contributed by atoms with Crippen LogP contribution in [0, 0.1) is 0 Å². The van der Waals surface area contributed by atoms with Crippen LogP contribution in [0.3, 0.4) is 0 Å². The van der Waals surface area contributed by atoms with Crippen LogP contribution in [0.1, 0.15) is 16.8 Å². The highest BCUT2D eigenvalue weighted by Crippen LogP contribution is 2.32. The minimum atomic E-state index is 0.401. The molecule has 6 nitrogen and oxygen atoms in total. The van der Waals surface area contributed by atoms with Crippen LogP contribution in [-0.2, 0) is 0 Å². The Morgan fingerprint density at radius 3 is 2.57 bits per heavy atom. The average Bonchev–Trinajstić information content (AvgIpc) is 3.09. The third kappa shape index (κ3) is 3.46. The molecule has 0 spiro atoms. The average molecular weight is 374 g/mol. The molecule has 0 unspecified atom stereocenters. The van der Waals surface area contributed by atoms with Crippen molar-refractivity contribution in [3.8, 4) is 11.6 Å². The molecule has 4 rings (SSSR count). The van der Waals surface area contributed by atoms with Crippen molar-refractivity contribution < 1.29 is 9.21 Å². The van der Waals surface area contributed by atoms with Gasteiger partial charge in [0, 0.05) is 17.3 Å². The maximum Gasteiger partial charge on any atom is 0.199 e. The summed E-state index contributed by atoms with van der Waals surface area (Å²) in [4.78, 5) is 23.3. The Labute approximate surface area is 163 Å². The first-order valence-corrected chi connectivity index (χ1v) is 9.30. The van der Waals surface area contributed by atoms with E-state index in [2.05, 4.69) is 29.3 Å². The number of aldehydes is 1. The summed E-state index contributed by atoms with van der Waals surface area (Å²) in [5, 5.41) is 5.13. The van der Waals surface area contributed by atoms with Crippen molar-refractivity contribution in [2.75, 3.05) is 32.5 Å². The minimum absolute atomic E-state index is 0.401. The maximum atomic E-state index is 11.8. The molecule has 2 heterocycles. The fourth-order valence-corrected chi connectivity index (χ4v) is 3.26. The summed E-state index contributed by atoms with van der Waals surface area (Å²) in [5.74, 6) is 1.56. The van der Waals surface area contributed by atoms with Crippen molar-refractivity contribution in [1.29, 1.82) is 0 Å². The molecule has 0 aliphatic heterocycles. The van der Waals surface area contributed by atoms with E-state index in [0.717, 1.165) is 47.9 Å². The lowest BCUT2D eigenvalue weighted by Crippen LogP contribution is -2.16. The first-order valence-electron chi connectivity index (χ1n) is 9.30. The molecule has 6 heteroatoms. The standard InChI is InChI=1S/C22H22N4O2/c1-26(2)13-7-12-23-21-16-9-3-5-10-18(16)24-22(25-21)20-17(14-27)15-8-4-6-11-19(15)28-20/h3-6,8-11,14H,7,12-13H2,1-2H3,(H,23,24,25). The lowest BCUT2D eigenvalue weighted by atomic mass is 10.1. The molecular formula is C22H22N4O2. The van der Waals surface area contributed by atoms with Crippen molar-refractivity contribution in [2.24, 2.45) is 0 Å². The highest BCUT2D eigenvalue weighted by atomic mass is 16.3. The number of hydrogen-bond acceptors (Lipinski definition) is 6. The molecule has 0 amide bonds. The molecule has 2 aromatic carbocycles. The molecule has 0 radical (unpaired) electrons. The lowest BCUT2D eigenvalue weighted by molar-refractivity contribution is 0.112. The summed E-state index contributed by atoms with van der Waals surface area (Å²) in [7, 11) is 4.11. The zero-order valence-electron chi connectivity index (χ0n) is 16.0. The fraction of sp³-hybridized carbons (Fsp3) is 0.227. The van der Waals surface area contributed by atoms with Gasteiger partial charge in [-0.05, 0) is 45.3 Å². The number of hydrogen-bond donors (Lipinski definition) is 1. The Kier molecular flexibility index (Phi) is 5.04. The van der Waals surface area contributed by atoms with Crippen molar-refractivity contribution >= 4 is 34.0 Å². The zero-order valence-corrected chi connectivity index (χ0v) is 16.0. The number of aromatic nitrogens is 2. The molecule has 2 aromatic heterocycles. The Balaban J connectivity index is 1.79. The van der Waals surface area contributed by atoms with Crippen molar-refractivity contribution in [2.45, 2.75) is 6.42 Å². The molecule has 142 valence electrons. The molecule has 0 saturated carbocycles. The van der Waals surface area contributed by atoms with Gasteiger partial charge in [-0.15, -0.1) is 0 Å². The van der Waals surface area contributed by atoms with E-state index in [1.807, 2.05) is 48.5 Å². The summed E-state index contributed by atoms with van der Waals surface area (Å²) in [6, 6.07) is 15.3. The molecule has 0 aliphatic rings. The van der Waals surface area contributed by atoms with E-state index < -0.39 is 0 Å². The monoisotopic (exact) mass is 374 g/mol. The number of carbonyl (C=O) groups excluding carboxylic acids is 1. The van der Waals surface area contributed by atoms with Crippen LogP contribution >= 0.6 is 0 Å². The Morgan fingerprint density at radius 2 is 1.79 bits per heavy atom. The van der Waals surface area contributed by atoms with E-state index in [-0.39, 0.29) is 0 Å². The number of carbonyl (C=O) groups is 1. The number of benzene rings is 2. The highest BCUT2D eigenvalue weighted by Gasteiger charge is 2.19. The largest absolute Gasteiger partial charge is 0.452 e. The van der Waals surface area contributed by atoms with E-state index in [1.54, 1.807) is 0 Å². The van der Waals surface area contributed by atoms with Crippen LogP contribution in [0.15, 0.2) is 52.9 Å². The van der Waals surface area contributed by atoms with E-state index in [1.165, 1.54) is 0 Å². The van der Waals surface area contributed by atoms with Crippen LogP contribution in [0.2, 0.25) is 0 Å². The van der Waals surface area contributed by atoms with Gasteiger partial charge in [-0.25, -0.2) is 9.97 Å². The number of nitrogens with one attached hydrogen (secondary N) is 1. The topological polar surface area (TPSA) is 71.3 Å². The Hall–Kier alpha value is -3.25. The molecule has 1 N–H and O–H groups in total. The summed E-state index contributed by atoms with van der Waals surface area (Å²) >= 11 is 0. The number of rotatable bonds is 7. The molecule has 28 heavy (non-hydrogen) atoms. The van der Waals surface area contributed by atoms with Gasteiger partial charge in [-0.3, -0.25) is 4.79 Å². The zero-order chi connectivity index (χ0) is 19.5. The van der Waals surface area contributed by atoms with Gasteiger partial charge in [0.05, 0.1) is 11.1 Å². The first kappa shape index (κ1) is 18.1. The van der Waals surface area contributed by atoms with Gasteiger partial charge in [0.25, 0.3) is 0 Å². The molecule has 0 atom stereocenters. The number of anilines is 1. The Morgan fingerprint density at radius 1 is 1.04 bits per heavy atom. The summed E-state index contributed by atoms with van der Waals surface area (Å²) in [6.45, 7) is 1.78. The van der Waals surface area contributed by atoms with Gasteiger partial charge in [-0.1, -0.05) is 30.3 Å². The summed E-state index contributed by atoms with van der Waals surface area (Å²) in [6.07, 6.45) is 1.80. The smallest absolute Gasteiger partial charge is 0.199 e. The maximum absolute atomic E-state index is 11.8. The predicted molar refractivity (Wildman–Crippen MR) is 112 cm³/mol. The highest BCUT2D eigenvalue weighted by molar-refractivity contribution is 6.02. The fourth-order valence-electron chi connectivity index (χ4n) is 3.26. The second kappa shape index (κ2) is 7.78. The summed E-state index contributed by atoms with van der Waals surface area (Å²) in [5.41, 5.74) is 1.93. The van der Waals surface area contributed by atoms with Gasteiger partial charge in [0.1, 0.15) is 11.4 Å². The molecular weight excluding hydrogens is 352 g/mol. The molecule has 0 saturated heterocycles.